The molecular weight excluding hydrogens is 576 g/mol. The van der Waals surface area contributed by atoms with E-state index >= 15 is 0 Å². The van der Waals surface area contributed by atoms with Gasteiger partial charge in [-0.25, -0.2) is 9.97 Å². The molecule has 3 aromatic carbocycles. The van der Waals surface area contributed by atoms with Crippen LogP contribution in [0.5, 0.6) is 0 Å². The van der Waals surface area contributed by atoms with E-state index in [0.717, 1.165) is 52.8 Å². The number of nitrogens with zero attached hydrogens (tertiary/aromatic N) is 5. The van der Waals surface area contributed by atoms with Crippen molar-refractivity contribution in [3.8, 4) is 28.2 Å². The Morgan fingerprint density at radius 3 is 2.57 bits per heavy atom. The van der Waals surface area contributed by atoms with Gasteiger partial charge in [0, 0.05) is 60.5 Å². The molecule has 9 heteroatoms. The predicted molar refractivity (Wildman–Crippen MR) is 179 cm³/mol. The van der Waals surface area contributed by atoms with Gasteiger partial charge >= 0.3 is 0 Å². The van der Waals surface area contributed by atoms with E-state index in [1.807, 2.05) is 43.4 Å². The zero-order chi connectivity index (χ0) is 31.4. The molecule has 2 fully saturated rings. The van der Waals surface area contributed by atoms with Gasteiger partial charge in [0.25, 0.3) is 5.56 Å². The number of aliphatic hydroxyl groups is 1. The number of rotatable bonds is 7. The number of likely N-dealkylation sites (N-methyl/N-ethyl adjacent to an activating group) is 1. The number of piperazine rings is 1. The van der Waals surface area contributed by atoms with Gasteiger partial charge in [-0.1, -0.05) is 48.5 Å². The molecule has 6 aromatic rings. The normalized spacial score (nSPS) is 15.7. The van der Waals surface area contributed by atoms with E-state index in [0.29, 0.717) is 40.4 Å². The summed E-state index contributed by atoms with van der Waals surface area (Å²) < 4.78 is 1.62. The van der Waals surface area contributed by atoms with Crippen LogP contribution in [0.15, 0.2) is 90.1 Å². The number of aromatic nitrogens is 4. The Kier molecular flexibility index (Phi) is 7.00. The van der Waals surface area contributed by atoms with Gasteiger partial charge in [0.1, 0.15) is 12.0 Å². The topological polar surface area (TPSA) is 107 Å². The molecular formula is C37H34N6O3. The zero-order valence-electron chi connectivity index (χ0n) is 25.6. The highest BCUT2D eigenvalue weighted by Gasteiger charge is 2.24. The summed E-state index contributed by atoms with van der Waals surface area (Å²) in [5.74, 6) is 0.766. The number of carbonyl (C=O) groups is 1. The van der Waals surface area contributed by atoms with Gasteiger partial charge in [0.05, 0.1) is 24.5 Å². The second-order valence-corrected chi connectivity index (χ2v) is 12.5. The highest BCUT2D eigenvalue weighted by atomic mass is 16.3. The largest absolute Gasteiger partial charge is 0.392 e. The Balaban J connectivity index is 1.13. The van der Waals surface area contributed by atoms with E-state index in [9.17, 15) is 14.7 Å². The van der Waals surface area contributed by atoms with Gasteiger partial charge in [-0.2, -0.15) is 0 Å². The number of carbonyl (C=O) groups excluding carboxylic acids is 1. The number of benzene rings is 3. The van der Waals surface area contributed by atoms with Gasteiger partial charge in [-0.05, 0) is 65.1 Å². The fourth-order valence-corrected chi connectivity index (χ4v) is 6.61. The molecule has 2 aliphatic rings. The maximum absolute atomic E-state index is 13.7. The lowest BCUT2D eigenvalue weighted by molar-refractivity contribution is -0.134. The molecule has 2 N–H and O–H groups in total. The third-order valence-corrected chi connectivity index (χ3v) is 9.43. The Morgan fingerprint density at radius 2 is 1.78 bits per heavy atom. The average Bonchev–Trinajstić information content (AvgIpc) is 3.84. The first-order valence-electron chi connectivity index (χ1n) is 15.7. The third-order valence-electron chi connectivity index (χ3n) is 9.43. The van der Waals surface area contributed by atoms with Gasteiger partial charge in [0.15, 0.2) is 0 Å². The lowest BCUT2D eigenvalue weighted by Gasteiger charge is -2.31. The molecule has 9 nitrogen and oxygen atoms in total. The van der Waals surface area contributed by atoms with Crippen LogP contribution >= 0.6 is 0 Å². The molecule has 0 atom stereocenters. The van der Waals surface area contributed by atoms with E-state index in [1.165, 1.54) is 24.7 Å². The van der Waals surface area contributed by atoms with Crippen LogP contribution in [0.25, 0.3) is 50.0 Å². The number of aromatic amines is 1. The summed E-state index contributed by atoms with van der Waals surface area (Å²) in [4.78, 5) is 42.4. The predicted octanol–water partition coefficient (Wildman–Crippen LogP) is 5.24. The monoisotopic (exact) mass is 610 g/mol. The average molecular weight is 611 g/mol. The minimum Gasteiger partial charge on any atom is -0.392 e. The number of hydrogen-bond acceptors (Lipinski definition) is 6. The highest BCUT2D eigenvalue weighted by Crippen LogP contribution is 2.41. The molecule has 230 valence electrons. The van der Waals surface area contributed by atoms with Gasteiger partial charge in [0.2, 0.25) is 5.91 Å². The molecule has 1 saturated carbocycles. The van der Waals surface area contributed by atoms with Crippen LogP contribution in [0.3, 0.4) is 0 Å². The molecule has 1 amide bonds. The Bertz CT molecular complexity index is 2180. The maximum Gasteiger partial charge on any atom is 0.262 e. The van der Waals surface area contributed by atoms with Crippen molar-refractivity contribution >= 4 is 27.7 Å². The number of fused-ring (bicyclic) bond motifs is 2. The lowest BCUT2D eigenvalue weighted by Crippen LogP contribution is -2.47. The van der Waals surface area contributed by atoms with Crippen LogP contribution in [0.4, 0.5) is 0 Å². The van der Waals surface area contributed by atoms with E-state index in [2.05, 4.69) is 56.3 Å². The number of aliphatic hydroxyl groups excluding tert-OH is 1. The fraction of sp³-hybridized carbons (Fsp3) is 0.243. The van der Waals surface area contributed by atoms with E-state index in [4.69, 9.17) is 0 Å². The van der Waals surface area contributed by atoms with Crippen molar-refractivity contribution < 1.29 is 9.90 Å². The molecule has 8 rings (SSSR count). The summed E-state index contributed by atoms with van der Waals surface area (Å²) in [5.41, 5.74) is 7.57. The van der Waals surface area contributed by atoms with Crippen LogP contribution < -0.4 is 5.56 Å². The molecule has 1 aliphatic carbocycles. The van der Waals surface area contributed by atoms with Crippen LogP contribution in [-0.4, -0.2) is 67.0 Å². The molecule has 0 unspecified atom stereocenters. The first kappa shape index (κ1) is 28.4. The van der Waals surface area contributed by atoms with Crippen molar-refractivity contribution in [3.63, 3.8) is 0 Å². The molecule has 0 radical (unpaired) electrons. The molecule has 46 heavy (non-hydrogen) atoms. The van der Waals surface area contributed by atoms with Crippen molar-refractivity contribution in [2.24, 2.45) is 0 Å². The minimum atomic E-state index is -0.264. The van der Waals surface area contributed by atoms with E-state index < -0.39 is 0 Å². The van der Waals surface area contributed by atoms with E-state index in [1.54, 1.807) is 15.7 Å². The fourth-order valence-electron chi connectivity index (χ4n) is 6.61. The molecule has 4 heterocycles. The number of H-pyrrole nitrogens is 1. The summed E-state index contributed by atoms with van der Waals surface area (Å²) >= 11 is 0. The van der Waals surface area contributed by atoms with Crippen molar-refractivity contribution in [1.29, 1.82) is 0 Å². The third kappa shape index (κ3) is 5.07. The van der Waals surface area contributed by atoms with Crippen LogP contribution in [0, 0.1) is 0 Å². The Hall–Kier alpha value is -5.12. The van der Waals surface area contributed by atoms with Crippen LogP contribution in [0.1, 0.15) is 35.4 Å². The second kappa shape index (κ2) is 11.3. The van der Waals surface area contributed by atoms with Gasteiger partial charge in [-0.3, -0.25) is 19.1 Å². The second-order valence-electron chi connectivity index (χ2n) is 12.5. The first-order valence-corrected chi connectivity index (χ1v) is 15.7. The molecule has 3 aromatic heterocycles. The first-order chi connectivity index (χ1) is 22.5. The number of hydrogen-bond donors (Lipinski definition) is 2. The zero-order valence-corrected chi connectivity index (χ0v) is 25.6. The number of pyridine rings is 1. The molecule has 0 spiro atoms. The van der Waals surface area contributed by atoms with Crippen molar-refractivity contribution in [2.75, 3.05) is 26.7 Å². The smallest absolute Gasteiger partial charge is 0.262 e. The Labute approximate surface area is 265 Å². The van der Waals surface area contributed by atoms with Crippen molar-refractivity contribution in [1.82, 2.24) is 29.3 Å². The maximum atomic E-state index is 13.7. The summed E-state index contributed by atoms with van der Waals surface area (Å²) in [5, 5.41) is 13.1. The summed E-state index contributed by atoms with van der Waals surface area (Å²) in [6.45, 7) is 2.51. The van der Waals surface area contributed by atoms with Gasteiger partial charge < -0.3 is 15.0 Å². The quantitative estimate of drug-likeness (QED) is 0.256. The van der Waals surface area contributed by atoms with Crippen LogP contribution in [-0.2, 0) is 17.9 Å². The molecule has 1 saturated heterocycles. The standard InChI is InChI=1S/C37H34N6O3/c1-41-15-16-42(20-34(41)45)19-23-5-7-25(8-6-23)32-18-30-35(38-22-39-36(30)40-32)29-3-2-4-33(31(29)21-44)43-14-13-27-17-26(24-9-10-24)11-12-28(27)37(43)46/h2-8,11-14,17-18,22,24,44H,9-10,15-16,19-21H2,1H3,(H,38,39,40). The summed E-state index contributed by atoms with van der Waals surface area (Å²) in [7, 11) is 1.85. The number of nitrogens with one attached hydrogen (secondary N) is 1. The summed E-state index contributed by atoms with van der Waals surface area (Å²) in [6, 6.07) is 24.2. The van der Waals surface area contributed by atoms with Gasteiger partial charge in [-0.15, -0.1) is 0 Å². The number of amides is 1. The molecule has 1 aliphatic heterocycles. The van der Waals surface area contributed by atoms with E-state index in [-0.39, 0.29) is 18.1 Å². The summed E-state index contributed by atoms with van der Waals surface area (Å²) in [6.07, 6.45) is 5.74. The minimum absolute atomic E-state index is 0.119. The SMILES string of the molecule is CN1CCN(Cc2ccc(-c3cc4c(-c5cccc(-n6ccc7cc(C8CC8)ccc7c6=O)c5CO)ncnc4[nH]3)cc2)CC1=O. The molecule has 0 bridgehead atoms. The van der Waals surface area contributed by atoms with Crippen LogP contribution in [0.2, 0.25) is 0 Å². The Morgan fingerprint density at radius 1 is 0.935 bits per heavy atom. The van der Waals surface area contributed by atoms with Crippen molar-refractivity contribution in [2.45, 2.75) is 31.9 Å². The highest BCUT2D eigenvalue weighted by molar-refractivity contribution is 5.95. The lowest BCUT2D eigenvalue weighted by atomic mass is 10.00. The van der Waals surface area contributed by atoms with Crippen molar-refractivity contribution in [3.05, 3.63) is 112 Å².